The maximum atomic E-state index is 14.9. The first-order valence-electron chi connectivity index (χ1n) is 9.96. The van der Waals surface area contributed by atoms with Crippen molar-refractivity contribution < 1.29 is 24.1 Å². The van der Waals surface area contributed by atoms with Crippen molar-refractivity contribution in [2.45, 2.75) is 0 Å². The van der Waals surface area contributed by atoms with Crippen LogP contribution in [0.4, 0.5) is 4.39 Å². The highest BCUT2D eigenvalue weighted by atomic mass is 32.1. The summed E-state index contributed by atoms with van der Waals surface area (Å²) < 4.78 is 22.2. The number of aromatic hydroxyl groups is 2. The van der Waals surface area contributed by atoms with E-state index in [9.17, 15) is 19.4 Å². The fourth-order valence-electron chi connectivity index (χ4n) is 3.71. The van der Waals surface area contributed by atoms with Crippen LogP contribution in [0.5, 0.6) is 17.4 Å². The van der Waals surface area contributed by atoms with Gasteiger partial charge in [0.25, 0.3) is 0 Å². The van der Waals surface area contributed by atoms with Gasteiger partial charge in [-0.15, -0.1) is 0 Å². The number of aromatic nitrogens is 2. The van der Waals surface area contributed by atoms with Gasteiger partial charge in [-0.25, -0.2) is 9.37 Å². The monoisotopic (exact) mass is 460 g/mol. The number of ether oxygens (including phenoxy) is 1. The molecule has 0 aliphatic heterocycles. The minimum atomic E-state index is -0.640. The van der Waals surface area contributed by atoms with E-state index >= 15 is 0 Å². The second-order valence-electron chi connectivity index (χ2n) is 7.24. The largest absolute Gasteiger partial charge is 0.503 e. The molecule has 0 saturated carbocycles. The number of halogens is 1. The number of hydrogen-bond acceptors (Lipinski definition) is 6. The lowest BCUT2D eigenvalue weighted by molar-refractivity contribution is 0.103. The predicted molar refractivity (Wildman–Crippen MR) is 124 cm³/mol. The molecule has 0 amide bonds. The van der Waals surface area contributed by atoms with Gasteiger partial charge in [0.15, 0.2) is 16.7 Å². The molecule has 5 aromatic rings. The average molecular weight is 460 g/mol. The van der Waals surface area contributed by atoms with Crippen LogP contribution in [0.2, 0.25) is 0 Å². The second-order valence-corrected chi connectivity index (χ2v) is 8.25. The Balaban J connectivity index is 1.82. The lowest BCUT2D eigenvalue weighted by Gasteiger charge is -2.10. The SMILES string of the molecule is COc1ccc2nc(-n3c(O)c(O)c(C(=O)c4ccccc4)c3-c3ccccc3F)sc2c1. The summed E-state index contributed by atoms with van der Waals surface area (Å²) in [4.78, 5) is 17.9. The zero-order valence-electron chi connectivity index (χ0n) is 17.3. The summed E-state index contributed by atoms with van der Waals surface area (Å²) in [5, 5.41) is 22.0. The molecule has 5 rings (SSSR count). The smallest absolute Gasteiger partial charge is 0.242 e. The Hall–Kier alpha value is -4.17. The Bertz CT molecular complexity index is 1510. The molecule has 2 N–H and O–H groups in total. The van der Waals surface area contributed by atoms with Crippen LogP contribution in [0.1, 0.15) is 15.9 Å². The van der Waals surface area contributed by atoms with Crippen LogP contribution in [-0.2, 0) is 0 Å². The molecule has 0 bridgehead atoms. The highest BCUT2D eigenvalue weighted by Gasteiger charge is 2.32. The summed E-state index contributed by atoms with van der Waals surface area (Å²) in [5.41, 5.74) is 0.767. The van der Waals surface area contributed by atoms with Crippen molar-refractivity contribution >= 4 is 27.3 Å². The van der Waals surface area contributed by atoms with E-state index in [1.807, 2.05) is 0 Å². The number of thiazole rings is 1. The summed E-state index contributed by atoms with van der Waals surface area (Å²) in [6, 6.07) is 19.5. The third-order valence-corrected chi connectivity index (χ3v) is 6.29. The normalized spacial score (nSPS) is 11.1. The first-order valence-corrected chi connectivity index (χ1v) is 10.8. The molecule has 0 atom stereocenters. The summed E-state index contributed by atoms with van der Waals surface area (Å²) in [6.45, 7) is 0. The van der Waals surface area contributed by atoms with Gasteiger partial charge < -0.3 is 14.9 Å². The molecule has 0 aliphatic rings. The first-order chi connectivity index (χ1) is 16.0. The topological polar surface area (TPSA) is 84.6 Å². The van der Waals surface area contributed by atoms with Gasteiger partial charge in [0, 0.05) is 11.1 Å². The number of carbonyl (C=O) groups is 1. The third kappa shape index (κ3) is 3.41. The Kier molecular flexibility index (Phi) is 5.07. The minimum Gasteiger partial charge on any atom is -0.503 e. The van der Waals surface area contributed by atoms with E-state index in [1.165, 1.54) is 34.1 Å². The molecule has 0 radical (unpaired) electrons. The van der Waals surface area contributed by atoms with Gasteiger partial charge in [0.1, 0.15) is 11.6 Å². The molecule has 0 saturated heterocycles. The van der Waals surface area contributed by atoms with Crippen molar-refractivity contribution in [2.75, 3.05) is 7.11 Å². The summed E-state index contributed by atoms with van der Waals surface area (Å²) in [5.74, 6) is -1.77. The van der Waals surface area contributed by atoms with Gasteiger partial charge >= 0.3 is 0 Å². The quantitative estimate of drug-likeness (QED) is 0.336. The van der Waals surface area contributed by atoms with Crippen LogP contribution >= 0.6 is 11.3 Å². The standard InChI is InChI=1S/C25H17FN2O4S/c1-32-15-11-12-18-19(13-15)33-25(27-18)28-21(16-9-5-6-10-17(16)26)20(23(30)24(28)31)22(29)14-7-3-2-4-8-14/h2-13,30-31H,1H3. The molecule has 164 valence electrons. The molecule has 2 heterocycles. The number of fused-ring (bicyclic) bond motifs is 1. The Morgan fingerprint density at radius 3 is 2.48 bits per heavy atom. The molecule has 0 fully saturated rings. The Morgan fingerprint density at radius 1 is 1.03 bits per heavy atom. The molecule has 0 aliphatic carbocycles. The molecule has 8 heteroatoms. The molecular formula is C25H17FN2O4S. The first kappa shape index (κ1) is 20.7. The highest BCUT2D eigenvalue weighted by molar-refractivity contribution is 7.20. The van der Waals surface area contributed by atoms with E-state index in [0.29, 0.717) is 11.3 Å². The molecule has 0 unspecified atom stereocenters. The van der Waals surface area contributed by atoms with E-state index < -0.39 is 23.2 Å². The highest BCUT2D eigenvalue weighted by Crippen LogP contribution is 2.45. The van der Waals surface area contributed by atoms with Gasteiger partial charge in [-0.2, -0.15) is 0 Å². The van der Waals surface area contributed by atoms with Gasteiger partial charge in [-0.05, 0) is 30.3 Å². The van der Waals surface area contributed by atoms with Crippen LogP contribution in [0, 0.1) is 5.82 Å². The molecule has 6 nitrogen and oxygen atoms in total. The van der Waals surface area contributed by atoms with Crippen molar-refractivity contribution in [2.24, 2.45) is 0 Å². The molecule has 0 spiro atoms. The van der Waals surface area contributed by atoms with Gasteiger partial charge in [0.05, 0.1) is 28.6 Å². The van der Waals surface area contributed by atoms with Gasteiger partial charge in [-0.1, -0.05) is 53.8 Å². The van der Waals surface area contributed by atoms with E-state index in [0.717, 1.165) is 4.70 Å². The van der Waals surface area contributed by atoms with E-state index in [1.54, 1.807) is 61.7 Å². The lowest BCUT2D eigenvalue weighted by atomic mass is 9.99. The number of methoxy groups -OCH3 is 1. The predicted octanol–water partition coefficient (Wildman–Crippen LogP) is 5.54. The Labute approximate surface area is 191 Å². The van der Waals surface area contributed by atoms with Crippen LogP contribution < -0.4 is 4.74 Å². The van der Waals surface area contributed by atoms with E-state index in [2.05, 4.69) is 4.98 Å². The van der Waals surface area contributed by atoms with Crippen LogP contribution in [0.3, 0.4) is 0 Å². The minimum absolute atomic E-state index is 0.0166. The van der Waals surface area contributed by atoms with Gasteiger partial charge in [0.2, 0.25) is 5.88 Å². The number of ketones is 1. The zero-order chi connectivity index (χ0) is 23.1. The van der Waals surface area contributed by atoms with Crippen LogP contribution in [0.15, 0.2) is 72.8 Å². The van der Waals surface area contributed by atoms with Gasteiger partial charge in [-0.3, -0.25) is 9.36 Å². The van der Waals surface area contributed by atoms with Crippen molar-refractivity contribution in [3.63, 3.8) is 0 Å². The fraction of sp³-hybridized carbons (Fsp3) is 0.0400. The van der Waals surface area contributed by atoms with Crippen LogP contribution in [-0.4, -0.2) is 32.7 Å². The van der Waals surface area contributed by atoms with Crippen molar-refractivity contribution in [3.05, 3.63) is 89.7 Å². The summed E-state index contributed by atoms with van der Waals surface area (Å²) in [6.07, 6.45) is 0. The maximum absolute atomic E-state index is 14.9. The maximum Gasteiger partial charge on any atom is 0.242 e. The molecule has 33 heavy (non-hydrogen) atoms. The summed E-state index contributed by atoms with van der Waals surface area (Å²) in [7, 11) is 1.55. The van der Waals surface area contributed by atoms with Crippen molar-refractivity contribution in [3.8, 4) is 33.8 Å². The third-order valence-electron chi connectivity index (χ3n) is 5.29. The number of hydrogen-bond donors (Lipinski definition) is 2. The summed E-state index contributed by atoms with van der Waals surface area (Å²) >= 11 is 1.21. The molecule has 3 aromatic carbocycles. The van der Waals surface area contributed by atoms with E-state index in [-0.39, 0.29) is 27.5 Å². The number of carbonyl (C=O) groups excluding carboxylic acids is 1. The fourth-order valence-corrected chi connectivity index (χ4v) is 4.71. The number of benzene rings is 3. The lowest BCUT2D eigenvalue weighted by Crippen LogP contribution is -2.05. The molecule has 2 aromatic heterocycles. The van der Waals surface area contributed by atoms with E-state index in [4.69, 9.17) is 4.74 Å². The van der Waals surface area contributed by atoms with Crippen LogP contribution in [0.25, 0.3) is 26.6 Å². The molecular weight excluding hydrogens is 443 g/mol. The average Bonchev–Trinajstić information content (AvgIpc) is 3.37. The Morgan fingerprint density at radius 2 is 1.76 bits per heavy atom. The number of rotatable bonds is 5. The second kappa shape index (κ2) is 8.07. The zero-order valence-corrected chi connectivity index (χ0v) is 18.1. The van der Waals surface area contributed by atoms with Crippen molar-refractivity contribution in [1.82, 2.24) is 9.55 Å². The van der Waals surface area contributed by atoms with Crippen molar-refractivity contribution in [1.29, 1.82) is 0 Å². The number of nitrogens with zero attached hydrogens (tertiary/aromatic N) is 2.